The molecule has 0 aromatic heterocycles. The number of carbonyl (C=O) groups is 2. The van der Waals surface area contributed by atoms with Crippen molar-refractivity contribution >= 4 is 12.1 Å². The fourth-order valence-electron chi connectivity index (χ4n) is 3.42. The summed E-state index contributed by atoms with van der Waals surface area (Å²) in [4.78, 5) is 25.6. The van der Waals surface area contributed by atoms with Crippen LogP contribution in [0.25, 0.3) is 0 Å². The average molecular weight is 397 g/mol. The van der Waals surface area contributed by atoms with Crippen LogP contribution in [0, 0.1) is 5.92 Å². The zero-order valence-corrected chi connectivity index (χ0v) is 17.0. The van der Waals surface area contributed by atoms with Gasteiger partial charge in [0.25, 0.3) is 0 Å². The normalized spacial score (nSPS) is 19.1. The lowest BCUT2D eigenvalue weighted by Crippen LogP contribution is -2.35. The molecule has 0 aliphatic carbocycles. The maximum Gasteiger partial charge on any atom is 0.410 e. The Morgan fingerprint density at radius 1 is 1.03 bits per heavy atom. The predicted molar refractivity (Wildman–Crippen MR) is 109 cm³/mol. The Morgan fingerprint density at radius 3 is 2.28 bits per heavy atom. The summed E-state index contributed by atoms with van der Waals surface area (Å²) in [6.07, 6.45) is -0.478. The Kier molecular flexibility index (Phi) is 6.11. The number of ether oxygens (including phenoxy) is 2. The lowest BCUT2D eigenvalue weighted by molar-refractivity contribution is -0.141. The van der Waals surface area contributed by atoms with Gasteiger partial charge in [-0.25, -0.2) is 4.79 Å². The molecule has 1 fully saturated rings. The van der Waals surface area contributed by atoms with Gasteiger partial charge in [0, 0.05) is 19.0 Å². The molecule has 3 rings (SSSR count). The standard InChI is InChI=1S/C23H27NO5/c1-23(2,3)29-22(27)24-13-19(20(14-24)21(25)26)17-9-11-18(12-10-17)28-15-16-7-5-4-6-8-16/h4-12,19-20H,13-15H2,1-3H3,(H,25,26)/t19-,20+/m1/s1. The number of hydrogen-bond acceptors (Lipinski definition) is 4. The number of carboxylic acid groups (broad SMARTS) is 1. The summed E-state index contributed by atoms with van der Waals surface area (Å²) in [5, 5.41) is 9.64. The highest BCUT2D eigenvalue weighted by molar-refractivity contribution is 5.76. The van der Waals surface area contributed by atoms with Gasteiger partial charge >= 0.3 is 12.1 Å². The number of carboxylic acids is 1. The summed E-state index contributed by atoms with van der Waals surface area (Å²) in [5.74, 6) is -1.15. The van der Waals surface area contributed by atoms with Crippen LogP contribution in [0.15, 0.2) is 54.6 Å². The second-order valence-corrected chi connectivity index (χ2v) is 8.28. The molecule has 154 valence electrons. The highest BCUT2D eigenvalue weighted by atomic mass is 16.6. The first-order valence-electron chi connectivity index (χ1n) is 9.70. The molecule has 0 bridgehead atoms. The topological polar surface area (TPSA) is 76.1 Å². The van der Waals surface area contributed by atoms with Crippen molar-refractivity contribution < 1.29 is 24.2 Å². The molecular weight excluding hydrogens is 370 g/mol. The molecule has 0 unspecified atom stereocenters. The van der Waals surface area contributed by atoms with E-state index in [1.807, 2.05) is 54.6 Å². The Balaban J connectivity index is 1.67. The first kappa shape index (κ1) is 20.7. The lowest BCUT2D eigenvalue weighted by Gasteiger charge is -2.24. The first-order valence-corrected chi connectivity index (χ1v) is 9.70. The van der Waals surface area contributed by atoms with Gasteiger partial charge in [-0.2, -0.15) is 0 Å². The van der Waals surface area contributed by atoms with Crippen molar-refractivity contribution in [1.82, 2.24) is 4.90 Å². The van der Waals surface area contributed by atoms with Crippen LogP contribution in [0.2, 0.25) is 0 Å². The van der Waals surface area contributed by atoms with Crippen molar-refractivity contribution in [3.8, 4) is 5.75 Å². The molecule has 1 amide bonds. The van der Waals surface area contributed by atoms with E-state index in [1.165, 1.54) is 4.90 Å². The molecule has 0 radical (unpaired) electrons. The third-order valence-corrected chi connectivity index (χ3v) is 4.85. The minimum absolute atomic E-state index is 0.140. The number of carbonyl (C=O) groups excluding carboxylic acids is 1. The molecule has 0 saturated carbocycles. The summed E-state index contributed by atoms with van der Waals surface area (Å²) in [7, 11) is 0. The van der Waals surface area contributed by atoms with Gasteiger partial charge in [0.1, 0.15) is 18.0 Å². The molecule has 1 saturated heterocycles. The molecule has 29 heavy (non-hydrogen) atoms. The number of amides is 1. The third-order valence-electron chi connectivity index (χ3n) is 4.85. The van der Waals surface area contributed by atoms with Crippen molar-refractivity contribution in [3.63, 3.8) is 0 Å². The van der Waals surface area contributed by atoms with Crippen molar-refractivity contribution in [2.75, 3.05) is 13.1 Å². The molecule has 1 heterocycles. The maximum absolute atomic E-state index is 12.4. The predicted octanol–water partition coefficient (Wildman–Crippen LogP) is 4.30. The van der Waals surface area contributed by atoms with E-state index in [0.717, 1.165) is 11.1 Å². The monoisotopic (exact) mass is 397 g/mol. The molecule has 2 aromatic carbocycles. The molecule has 2 atom stereocenters. The van der Waals surface area contributed by atoms with Gasteiger partial charge in [0.05, 0.1) is 5.92 Å². The van der Waals surface area contributed by atoms with E-state index in [-0.39, 0.29) is 12.5 Å². The van der Waals surface area contributed by atoms with Crippen molar-refractivity contribution in [1.29, 1.82) is 0 Å². The van der Waals surface area contributed by atoms with Gasteiger partial charge < -0.3 is 19.5 Å². The van der Waals surface area contributed by atoms with E-state index in [1.54, 1.807) is 20.8 Å². The summed E-state index contributed by atoms with van der Waals surface area (Å²) in [6.45, 7) is 6.30. The van der Waals surface area contributed by atoms with Crippen molar-refractivity contribution in [3.05, 3.63) is 65.7 Å². The van der Waals surface area contributed by atoms with Gasteiger partial charge in [-0.3, -0.25) is 4.79 Å². The van der Waals surface area contributed by atoms with E-state index in [4.69, 9.17) is 9.47 Å². The zero-order chi connectivity index (χ0) is 21.0. The summed E-state index contributed by atoms with van der Waals surface area (Å²) >= 11 is 0. The van der Waals surface area contributed by atoms with Gasteiger partial charge in [-0.15, -0.1) is 0 Å². The smallest absolute Gasteiger partial charge is 0.410 e. The molecule has 0 spiro atoms. The molecule has 1 N–H and O–H groups in total. The van der Waals surface area contributed by atoms with Gasteiger partial charge in [0.15, 0.2) is 0 Å². The van der Waals surface area contributed by atoms with E-state index in [9.17, 15) is 14.7 Å². The Hall–Kier alpha value is -3.02. The SMILES string of the molecule is CC(C)(C)OC(=O)N1C[C@H](C(=O)O)[C@@H](c2ccc(OCc3ccccc3)cc2)C1. The Labute approximate surface area is 171 Å². The van der Waals surface area contributed by atoms with Crippen LogP contribution >= 0.6 is 0 Å². The van der Waals surface area contributed by atoms with Crippen LogP contribution in [-0.2, 0) is 16.1 Å². The molecule has 2 aromatic rings. The average Bonchev–Trinajstić information content (AvgIpc) is 3.12. The Morgan fingerprint density at radius 2 is 1.69 bits per heavy atom. The summed E-state index contributed by atoms with van der Waals surface area (Å²) in [6, 6.07) is 17.3. The number of likely N-dealkylation sites (tertiary alicyclic amines) is 1. The maximum atomic E-state index is 12.4. The molecule has 6 nitrogen and oxygen atoms in total. The number of rotatable bonds is 5. The van der Waals surface area contributed by atoms with Crippen molar-refractivity contribution in [2.24, 2.45) is 5.92 Å². The van der Waals surface area contributed by atoms with E-state index in [2.05, 4.69) is 0 Å². The largest absolute Gasteiger partial charge is 0.489 e. The van der Waals surface area contributed by atoms with Gasteiger partial charge in [-0.05, 0) is 44.0 Å². The highest BCUT2D eigenvalue weighted by Crippen LogP contribution is 2.34. The fourth-order valence-corrected chi connectivity index (χ4v) is 3.42. The number of aliphatic carboxylic acids is 1. The third kappa shape index (κ3) is 5.50. The van der Waals surface area contributed by atoms with Crippen LogP contribution in [0.4, 0.5) is 4.79 Å². The number of nitrogens with zero attached hydrogens (tertiary/aromatic N) is 1. The second kappa shape index (κ2) is 8.55. The van der Waals surface area contributed by atoms with Crippen LogP contribution in [0.5, 0.6) is 5.75 Å². The fraction of sp³-hybridized carbons (Fsp3) is 0.391. The van der Waals surface area contributed by atoms with Crippen molar-refractivity contribution in [2.45, 2.75) is 38.9 Å². The lowest BCUT2D eigenvalue weighted by atomic mass is 9.89. The molecule has 1 aliphatic heterocycles. The van der Waals surface area contributed by atoms with Crippen LogP contribution in [0.3, 0.4) is 0 Å². The van der Waals surface area contributed by atoms with Crippen LogP contribution in [0.1, 0.15) is 37.8 Å². The van der Waals surface area contributed by atoms with Gasteiger partial charge in [-0.1, -0.05) is 42.5 Å². The van der Waals surface area contributed by atoms with Crippen LogP contribution in [-0.4, -0.2) is 40.8 Å². The minimum atomic E-state index is -0.912. The van der Waals surface area contributed by atoms with Crippen LogP contribution < -0.4 is 4.74 Å². The molecular formula is C23H27NO5. The molecule has 6 heteroatoms. The van der Waals surface area contributed by atoms with E-state index >= 15 is 0 Å². The summed E-state index contributed by atoms with van der Waals surface area (Å²) < 4.78 is 11.2. The second-order valence-electron chi connectivity index (χ2n) is 8.28. The van der Waals surface area contributed by atoms with Gasteiger partial charge in [0.2, 0.25) is 0 Å². The summed E-state index contributed by atoms with van der Waals surface area (Å²) in [5.41, 5.74) is 1.33. The molecule has 1 aliphatic rings. The first-order chi connectivity index (χ1) is 13.7. The zero-order valence-electron chi connectivity index (χ0n) is 17.0. The van der Waals surface area contributed by atoms with E-state index in [0.29, 0.717) is 18.9 Å². The number of hydrogen-bond donors (Lipinski definition) is 1. The van der Waals surface area contributed by atoms with E-state index < -0.39 is 23.6 Å². The Bertz CT molecular complexity index is 842. The highest BCUT2D eigenvalue weighted by Gasteiger charge is 2.41. The quantitative estimate of drug-likeness (QED) is 0.814. The minimum Gasteiger partial charge on any atom is -0.489 e. The number of benzene rings is 2.